The van der Waals surface area contributed by atoms with Crippen LogP contribution < -0.4 is 11.1 Å². The molecule has 98 valence electrons. The lowest BCUT2D eigenvalue weighted by Crippen LogP contribution is -2.26. The third kappa shape index (κ3) is 2.01. The van der Waals surface area contributed by atoms with Crippen molar-refractivity contribution in [2.45, 2.75) is 39.7 Å². The quantitative estimate of drug-likeness (QED) is 0.805. The van der Waals surface area contributed by atoms with Crippen LogP contribution in [0.5, 0.6) is 0 Å². The molecule has 4 heteroatoms. The molecule has 1 aliphatic heterocycles. The van der Waals surface area contributed by atoms with Crippen molar-refractivity contribution in [2.24, 2.45) is 11.1 Å². The van der Waals surface area contributed by atoms with E-state index in [2.05, 4.69) is 5.32 Å². The Morgan fingerprint density at radius 2 is 2.00 bits per heavy atom. The SMILES string of the molecule is CC1C(=O)Nc2c(F)cc(C(N)C(C)(C)C)cc21. The summed E-state index contributed by atoms with van der Waals surface area (Å²) in [5, 5.41) is 2.57. The van der Waals surface area contributed by atoms with Crippen LogP contribution in [0, 0.1) is 11.2 Å². The van der Waals surface area contributed by atoms with Gasteiger partial charge in [-0.15, -0.1) is 0 Å². The van der Waals surface area contributed by atoms with E-state index in [0.717, 1.165) is 5.56 Å². The first-order chi connectivity index (χ1) is 8.21. The second kappa shape index (κ2) is 4.05. The molecule has 18 heavy (non-hydrogen) atoms. The summed E-state index contributed by atoms with van der Waals surface area (Å²) >= 11 is 0. The molecule has 1 amide bonds. The van der Waals surface area contributed by atoms with Crippen molar-refractivity contribution in [2.75, 3.05) is 5.32 Å². The van der Waals surface area contributed by atoms with Crippen molar-refractivity contribution in [3.63, 3.8) is 0 Å². The average molecular weight is 250 g/mol. The lowest BCUT2D eigenvalue weighted by atomic mass is 9.82. The number of rotatable bonds is 1. The summed E-state index contributed by atoms with van der Waals surface area (Å²) < 4.78 is 14.0. The molecule has 1 aromatic rings. The highest BCUT2D eigenvalue weighted by molar-refractivity contribution is 6.02. The smallest absolute Gasteiger partial charge is 0.231 e. The van der Waals surface area contributed by atoms with Crippen molar-refractivity contribution in [3.8, 4) is 0 Å². The topological polar surface area (TPSA) is 55.1 Å². The Kier molecular flexibility index (Phi) is 2.93. The monoisotopic (exact) mass is 250 g/mol. The van der Waals surface area contributed by atoms with Crippen molar-refractivity contribution >= 4 is 11.6 Å². The van der Waals surface area contributed by atoms with Gasteiger partial charge in [-0.25, -0.2) is 4.39 Å². The van der Waals surface area contributed by atoms with Gasteiger partial charge in [-0.05, 0) is 29.5 Å². The lowest BCUT2D eigenvalue weighted by molar-refractivity contribution is -0.116. The summed E-state index contributed by atoms with van der Waals surface area (Å²) in [6, 6.07) is 3.00. The lowest BCUT2D eigenvalue weighted by Gasteiger charge is -2.28. The number of halogens is 1. The maximum Gasteiger partial charge on any atom is 0.231 e. The third-order valence-electron chi connectivity index (χ3n) is 3.54. The van der Waals surface area contributed by atoms with E-state index >= 15 is 0 Å². The molecule has 0 fully saturated rings. The Balaban J connectivity index is 2.50. The molecule has 1 aromatic carbocycles. The highest BCUT2D eigenvalue weighted by Gasteiger charge is 2.31. The van der Waals surface area contributed by atoms with E-state index in [1.54, 1.807) is 6.92 Å². The van der Waals surface area contributed by atoms with E-state index in [4.69, 9.17) is 5.73 Å². The van der Waals surface area contributed by atoms with Gasteiger partial charge in [0.1, 0.15) is 5.82 Å². The van der Waals surface area contributed by atoms with Gasteiger partial charge in [0, 0.05) is 6.04 Å². The van der Waals surface area contributed by atoms with Crippen LogP contribution in [0.1, 0.15) is 50.8 Å². The normalized spacial score (nSPS) is 20.6. The molecular weight excluding hydrogens is 231 g/mol. The van der Waals surface area contributed by atoms with Crippen LogP contribution in [-0.4, -0.2) is 5.91 Å². The maximum absolute atomic E-state index is 14.0. The summed E-state index contributed by atoms with van der Waals surface area (Å²) in [7, 11) is 0. The summed E-state index contributed by atoms with van der Waals surface area (Å²) in [6.07, 6.45) is 0. The van der Waals surface area contributed by atoms with Crippen LogP contribution in [-0.2, 0) is 4.79 Å². The fourth-order valence-electron chi connectivity index (χ4n) is 2.18. The molecule has 0 saturated carbocycles. The molecule has 0 radical (unpaired) electrons. The van der Waals surface area contributed by atoms with Gasteiger partial charge in [0.25, 0.3) is 0 Å². The number of nitrogens with two attached hydrogens (primary N) is 1. The van der Waals surface area contributed by atoms with E-state index in [0.29, 0.717) is 11.3 Å². The second-order valence-corrected chi connectivity index (χ2v) is 6.02. The van der Waals surface area contributed by atoms with Gasteiger partial charge < -0.3 is 11.1 Å². The number of hydrogen-bond donors (Lipinski definition) is 2. The van der Waals surface area contributed by atoms with E-state index in [9.17, 15) is 9.18 Å². The molecule has 3 N–H and O–H groups in total. The Labute approximate surface area is 107 Å². The Hall–Kier alpha value is -1.42. The fourth-order valence-corrected chi connectivity index (χ4v) is 2.18. The Morgan fingerprint density at radius 3 is 2.56 bits per heavy atom. The standard InChI is InChI=1S/C14H19FN2O/c1-7-9-5-8(12(16)14(2,3)4)6-10(15)11(9)17-13(7)18/h5-7,12H,16H2,1-4H3,(H,17,18). The van der Waals surface area contributed by atoms with E-state index in [-0.39, 0.29) is 23.3 Å². The summed E-state index contributed by atoms with van der Waals surface area (Å²) in [5.41, 5.74) is 7.73. The van der Waals surface area contributed by atoms with E-state index in [1.165, 1.54) is 6.07 Å². The first-order valence-electron chi connectivity index (χ1n) is 6.11. The summed E-state index contributed by atoms with van der Waals surface area (Å²) in [5.74, 6) is -0.883. The number of hydrogen-bond acceptors (Lipinski definition) is 2. The van der Waals surface area contributed by atoms with Crippen LogP contribution in [0.15, 0.2) is 12.1 Å². The zero-order valence-electron chi connectivity index (χ0n) is 11.2. The van der Waals surface area contributed by atoms with Gasteiger partial charge in [-0.2, -0.15) is 0 Å². The van der Waals surface area contributed by atoms with Gasteiger partial charge in [0.05, 0.1) is 11.6 Å². The molecule has 2 atom stereocenters. The zero-order chi connectivity index (χ0) is 13.7. The number of carbonyl (C=O) groups excluding carboxylic acids is 1. The summed E-state index contributed by atoms with van der Waals surface area (Å²) in [4.78, 5) is 11.6. The van der Waals surface area contributed by atoms with E-state index in [1.807, 2.05) is 26.8 Å². The molecule has 2 unspecified atom stereocenters. The summed E-state index contributed by atoms with van der Waals surface area (Å²) in [6.45, 7) is 7.80. The second-order valence-electron chi connectivity index (χ2n) is 6.02. The number of benzene rings is 1. The van der Waals surface area contributed by atoms with Crippen molar-refractivity contribution in [3.05, 3.63) is 29.1 Å². The van der Waals surface area contributed by atoms with Gasteiger partial charge in [-0.1, -0.05) is 26.8 Å². The van der Waals surface area contributed by atoms with Crippen molar-refractivity contribution in [1.82, 2.24) is 0 Å². The Bertz CT molecular complexity index is 505. The number of nitrogens with one attached hydrogen (secondary N) is 1. The van der Waals surface area contributed by atoms with Crippen molar-refractivity contribution in [1.29, 1.82) is 0 Å². The number of amides is 1. The molecule has 1 heterocycles. The number of anilines is 1. The molecule has 0 aliphatic carbocycles. The zero-order valence-corrected chi connectivity index (χ0v) is 11.2. The van der Waals surface area contributed by atoms with Crippen LogP contribution in [0.2, 0.25) is 0 Å². The van der Waals surface area contributed by atoms with Gasteiger partial charge in [-0.3, -0.25) is 4.79 Å². The first-order valence-corrected chi connectivity index (χ1v) is 6.11. The molecule has 0 spiro atoms. The van der Waals surface area contributed by atoms with Crippen LogP contribution in [0.25, 0.3) is 0 Å². The van der Waals surface area contributed by atoms with Gasteiger partial charge in [0.15, 0.2) is 0 Å². The molecule has 3 nitrogen and oxygen atoms in total. The largest absolute Gasteiger partial charge is 0.324 e. The molecule has 0 aromatic heterocycles. The molecular formula is C14H19FN2O. The minimum Gasteiger partial charge on any atom is -0.324 e. The van der Waals surface area contributed by atoms with Crippen molar-refractivity contribution < 1.29 is 9.18 Å². The maximum atomic E-state index is 14.0. The number of carbonyl (C=O) groups is 1. The molecule has 2 rings (SSSR count). The van der Waals surface area contributed by atoms with Crippen LogP contribution in [0.3, 0.4) is 0 Å². The Morgan fingerprint density at radius 1 is 1.39 bits per heavy atom. The number of fused-ring (bicyclic) bond motifs is 1. The highest BCUT2D eigenvalue weighted by atomic mass is 19.1. The minimum atomic E-state index is -0.403. The van der Waals surface area contributed by atoms with Gasteiger partial charge in [0.2, 0.25) is 5.91 Å². The van der Waals surface area contributed by atoms with Crippen LogP contribution >= 0.6 is 0 Å². The molecule has 0 bridgehead atoms. The molecule has 0 saturated heterocycles. The fraction of sp³-hybridized carbons (Fsp3) is 0.500. The minimum absolute atomic E-state index is 0.153. The first kappa shape index (κ1) is 13.0. The van der Waals surface area contributed by atoms with E-state index < -0.39 is 5.82 Å². The van der Waals surface area contributed by atoms with Crippen LogP contribution in [0.4, 0.5) is 10.1 Å². The predicted molar refractivity (Wildman–Crippen MR) is 69.8 cm³/mol. The predicted octanol–water partition coefficient (Wildman–Crippen LogP) is 2.93. The van der Waals surface area contributed by atoms with Gasteiger partial charge >= 0.3 is 0 Å². The average Bonchev–Trinajstić information content (AvgIpc) is 2.54. The third-order valence-corrected chi connectivity index (χ3v) is 3.54. The highest BCUT2D eigenvalue weighted by Crippen LogP contribution is 2.39. The molecule has 1 aliphatic rings.